The fourth-order valence-corrected chi connectivity index (χ4v) is 2.78. The van der Waals surface area contributed by atoms with Crippen molar-refractivity contribution >= 4 is 0 Å². The van der Waals surface area contributed by atoms with Gasteiger partial charge >= 0.3 is 0 Å². The minimum absolute atomic E-state index is 0.108. The fourth-order valence-electron chi connectivity index (χ4n) is 2.78. The Kier molecular flexibility index (Phi) is 6.21. The van der Waals surface area contributed by atoms with E-state index in [1.807, 2.05) is 18.7 Å². The molecule has 2 atom stereocenters. The van der Waals surface area contributed by atoms with Crippen LogP contribution in [-0.2, 0) is 18.2 Å². The van der Waals surface area contributed by atoms with Crippen LogP contribution in [0.3, 0.4) is 0 Å². The lowest BCUT2D eigenvalue weighted by Crippen LogP contribution is -2.49. The van der Waals surface area contributed by atoms with Gasteiger partial charge in [-0.3, -0.25) is 4.68 Å². The molecule has 4 nitrogen and oxygen atoms in total. The zero-order chi connectivity index (χ0) is 15.3. The van der Waals surface area contributed by atoms with Crippen LogP contribution in [0, 0.1) is 12.3 Å². The van der Waals surface area contributed by atoms with E-state index in [1.54, 1.807) is 0 Å². The van der Waals surface area contributed by atoms with Crippen LogP contribution in [0.1, 0.15) is 46.0 Å². The molecule has 0 aliphatic heterocycles. The number of nitrogens with one attached hydrogen (secondary N) is 1. The summed E-state index contributed by atoms with van der Waals surface area (Å²) in [5.41, 5.74) is 2.43. The van der Waals surface area contributed by atoms with Crippen molar-refractivity contribution in [3.8, 4) is 0 Å². The lowest BCUT2D eigenvalue weighted by molar-refractivity contribution is -0.0355. The molecule has 116 valence electrons. The molecule has 0 aliphatic rings. The Labute approximate surface area is 123 Å². The summed E-state index contributed by atoms with van der Waals surface area (Å²) >= 11 is 0. The number of hydrogen-bond acceptors (Lipinski definition) is 3. The molecule has 0 saturated carbocycles. The lowest BCUT2D eigenvalue weighted by atomic mass is 9.82. The van der Waals surface area contributed by atoms with Crippen LogP contribution in [0.2, 0.25) is 0 Å². The highest BCUT2D eigenvalue weighted by atomic mass is 16.5. The van der Waals surface area contributed by atoms with E-state index in [4.69, 9.17) is 4.74 Å². The first-order chi connectivity index (χ1) is 9.29. The molecule has 0 amide bonds. The zero-order valence-electron chi connectivity index (χ0n) is 14.2. The summed E-state index contributed by atoms with van der Waals surface area (Å²) in [4.78, 5) is 0. The Morgan fingerprint density at radius 2 is 2.00 bits per heavy atom. The van der Waals surface area contributed by atoms with Crippen LogP contribution in [0.4, 0.5) is 0 Å². The summed E-state index contributed by atoms with van der Waals surface area (Å²) in [5.74, 6) is 0. The topological polar surface area (TPSA) is 39.1 Å². The van der Waals surface area contributed by atoms with Crippen LogP contribution in [0.25, 0.3) is 0 Å². The molecule has 20 heavy (non-hydrogen) atoms. The van der Waals surface area contributed by atoms with Crippen molar-refractivity contribution in [2.45, 2.75) is 60.1 Å². The van der Waals surface area contributed by atoms with Gasteiger partial charge < -0.3 is 10.1 Å². The molecule has 0 bridgehead atoms. The van der Waals surface area contributed by atoms with Gasteiger partial charge in [-0.25, -0.2) is 0 Å². The molecule has 4 heteroatoms. The highest BCUT2D eigenvalue weighted by molar-refractivity contribution is 5.11. The standard InChI is InChI=1S/C16H31N3O/c1-8-17-14(15(20-9-2)16(4,5)6)11-13-10-12(3)18-19(13)7/h10,14-15,17H,8-9,11H2,1-7H3. The molecule has 1 aromatic heterocycles. The third-order valence-electron chi connectivity index (χ3n) is 3.56. The molecule has 1 rings (SSSR count). The predicted molar refractivity (Wildman–Crippen MR) is 84.0 cm³/mol. The average molecular weight is 281 g/mol. The number of likely N-dealkylation sites (N-methyl/N-ethyl adjacent to an activating group) is 1. The third-order valence-corrected chi connectivity index (χ3v) is 3.56. The molecular formula is C16H31N3O. The number of rotatable bonds is 7. The minimum atomic E-state index is 0.108. The second-order valence-corrected chi connectivity index (χ2v) is 6.51. The van der Waals surface area contributed by atoms with Crippen LogP contribution in [-0.4, -0.2) is 35.1 Å². The van der Waals surface area contributed by atoms with Crippen molar-refractivity contribution in [3.63, 3.8) is 0 Å². The SMILES string of the molecule is CCNC(Cc1cc(C)nn1C)C(OCC)C(C)(C)C. The molecule has 2 unspecified atom stereocenters. The highest BCUT2D eigenvalue weighted by Crippen LogP contribution is 2.26. The number of ether oxygens (including phenoxy) is 1. The Hall–Kier alpha value is -0.870. The van der Waals surface area contributed by atoms with Crippen LogP contribution >= 0.6 is 0 Å². The maximum atomic E-state index is 6.05. The van der Waals surface area contributed by atoms with Crippen LogP contribution < -0.4 is 5.32 Å². The number of hydrogen-bond donors (Lipinski definition) is 1. The van der Waals surface area contributed by atoms with Crippen molar-refractivity contribution in [3.05, 3.63) is 17.5 Å². The van der Waals surface area contributed by atoms with Gasteiger partial charge in [-0.2, -0.15) is 5.10 Å². The number of aryl methyl sites for hydroxylation is 2. The normalized spacial score (nSPS) is 15.3. The van der Waals surface area contributed by atoms with Gasteiger partial charge in [0.05, 0.1) is 11.8 Å². The molecule has 0 saturated heterocycles. The molecule has 0 spiro atoms. The van der Waals surface area contributed by atoms with Crippen molar-refractivity contribution in [1.29, 1.82) is 0 Å². The Balaban J connectivity index is 2.93. The van der Waals surface area contributed by atoms with Crippen molar-refractivity contribution in [1.82, 2.24) is 15.1 Å². The highest BCUT2D eigenvalue weighted by Gasteiger charge is 2.33. The quantitative estimate of drug-likeness (QED) is 0.835. The molecule has 0 radical (unpaired) electrons. The molecule has 0 aromatic carbocycles. The fraction of sp³-hybridized carbons (Fsp3) is 0.812. The molecule has 1 aromatic rings. The summed E-state index contributed by atoms with van der Waals surface area (Å²) < 4.78 is 8.03. The van der Waals surface area contributed by atoms with Gasteiger partial charge in [-0.05, 0) is 31.9 Å². The van der Waals surface area contributed by atoms with E-state index in [2.05, 4.69) is 51.1 Å². The Morgan fingerprint density at radius 1 is 1.35 bits per heavy atom. The van der Waals surface area contributed by atoms with E-state index in [0.29, 0.717) is 6.04 Å². The van der Waals surface area contributed by atoms with E-state index >= 15 is 0 Å². The second kappa shape index (κ2) is 7.23. The number of nitrogens with zero attached hydrogens (tertiary/aromatic N) is 2. The van der Waals surface area contributed by atoms with E-state index in [9.17, 15) is 0 Å². The second-order valence-electron chi connectivity index (χ2n) is 6.51. The monoisotopic (exact) mass is 281 g/mol. The zero-order valence-corrected chi connectivity index (χ0v) is 14.2. The molecule has 0 fully saturated rings. The first-order valence-corrected chi connectivity index (χ1v) is 7.64. The van der Waals surface area contributed by atoms with Gasteiger partial charge in [0.25, 0.3) is 0 Å². The molecule has 1 heterocycles. The van der Waals surface area contributed by atoms with E-state index in [0.717, 1.165) is 25.3 Å². The van der Waals surface area contributed by atoms with Crippen LogP contribution in [0.15, 0.2) is 6.07 Å². The smallest absolute Gasteiger partial charge is 0.0779 e. The molecule has 0 aliphatic carbocycles. The van der Waals surface area contributed by atoms with Crippen LogP contribution in [0.5, 0.6) is 0 Å². The maximum Gasteiger partial charge on any atom is 0.0779 e. The third kappa shape index (κ3) is 4.60. The van der Waals surface area contributed by atoms with Gasteiger partial charge in [0, 0.05) is 31.8 Å². The summed E-state index contributed by atoms with van der Waals surface area (Å²) in [5, 5.41) is 8.03. The largest absolute Gasteiger partial charge is 0.376 e. The maximum absolute atomic E-state index is 6.05. The Morgan fingerprint density at radius 3 is 2.40 bits per heavy atom. The average Bonchev–Trinajstić information content (AvgIpc) is 2.63. The van der Waals surface area contributed by atoms with Gasteiger partial charge in [0.1, 0.15) is 0 Å². The summed E-state index contributed by atoms with van der Waals surface area (Å²) in [6.07, 6.45) is 1.12. The number of aromatic nitrogens is 2. The van der Waals surface area contributed by atoms with E-state index < -0.39 is 0 Å². The van der Waals surface area contributed by atoms with E-state index in [1.165, 1.54) is 5.69 Å². The molecule has 1 N–H and O–H groups in total. The first kappa shape index (κ1) is 17.2. The minimum Gasteiger partial charge on any atom is -0.376 e. The first-order valence-electron chi connectivity index (χ1n) is 7.64. The summed E-state index contributed by atoms with van der Waals surface area (Å²) in [6, 6.07) is 2.46. The summed E-state index contributed by atoms with van der Waals surface area (Å²) in [6.45, 7) is 14.7. The van der Waals surface area contributed by atoms with E-state index in [-0.39, 0.29) is 11.5 Å². The lowest BCUT2D eigenvalue weighted by Gasteiger charge is -2.37. The Bertz CT molecular complexity index is 406. The van der Waals surface area contributed by atoms with Gasteiger partial charge in [-0.1, -0.05) is 27.7 Å². The predicted octanol–water partition coefficient (Wildman–Crippen LogP) is 2.70. The summed E-state index contributed by atoms with van der Waals surface area (Å²) in [7, 11) is 2.01. The van der Waals surface area contributed by atoms with Crippen molar-refractivity contribution in [2.75, 3.05) is 13.2 Å². The van der Waals surface area contributed by atoms with Gasteiger partial charge in [0.2, 0.25) is 0 Å². The molecular weight excluding hydrogens is 250 g/mol. The van der Waals surface area contributed by atoms with Crippen molar-refractivity contribution in [2.24, 2.45) is 12.5 Å². The van der Waals surface area contributed by atoms with Gasteiger partial charge in [-0.15, -0.1) is 0 Å². The van der Waals surface area contributed by atoms with Gasteiger partial charge in [0.15, 0.2) is 0 Å². The van der Waals surface area contributed by atoms with Crippen molar-refractivity contribution < 1.29 is 4.74 Å².